The zero-order valence-electron chi connectivity index (χ0n) is 9.61. The third-order valence-electron chi connectivity index (χ3n) is 2.89. The van der Waals surface area contributed by atoms with E-state index in [2.05, 4.69) is 0 Å². The van der Waals surface area contributed by atoms with Crippen molar-refractivity contribution in [1.82, 2.24) is 4.90 Å². The zero-order valence-corrected chi connectivity index (χ0v) is 10.4. The maximum absolute atomic E-state index is 13.8. The fraction of sp³-hybridized carbons (Fsp3) is 0.417. The highest BCUT2D eigenvalue weighted by Crippen LogP contribution is 2.15. The monoisotopic (exact) mass is 255 g/mol. The van der Waals surface area contributed by atoms with Crippen molar-refractivity contribution in [3.63, 3.8) is 0 Å². The highest BCUT2D eigenvalue weighted by Gasteiger charge is 2.23. The topological polar surface area (TPSA) is 37.4 Å². The van der Waals surface area contributed by atoms with Crippen LogP contribution in [-0.4, -0.2) is 39.6 Å². The van der Waals surface area contributed by atoms with Gasteiger partial charge in [-0.25, -0.2) is 4.39 Å². The molecule has 1 amide bonds. The first-order chi connectivity index (χ1) is 8.09. The van der Waals surface area contributed by atoms with Crippen molar-refractivity contribution in [3.05, 3.63) is 35.1 Å². The first kappa shape index (κ1) is 12.2. The van der Waals surface area contributed by atoms with E-state index in [-0.39, 0.29) is 11.5 Å². The molecule has 1 aromatic carbocycles. The number of amides is 1. The van der Waals surface area contributed by atoms with Crippen molar-refractivity contribution >= 4 is 16.7 Å². The Morgan fingerprint density at radius 1 is 1.35 bits per heavy atom. The molecule has 0 aliphatic carbocycles. The quantitative estimate of drug-likeness (QED) is 0.759. The van der Waals surface area contributed by atoms with Crippen molar-refractivity contribution in [2.24, 2.45) is 0 Å². The van der Waals surface area contributed by atoms with Gasteiger partial charge in [0.05, 0.1) is 5.56 Å². The lowest BCUT2D eigenvalue weighted by atomic mass is 10.1. The molecule has 1 saturated heterocycles. The van der Waals surface area contributed by atoms with Gasteiger partial charge < -0.3 is 4.90 Å². The molecule has 0 unspecified atom stereocenters. The minimum atomic E-state index is -0.831. The lowest BCUT2D eigenvalue weighted by molar-refractivity contribution is 0.0766. The van der Waals surface area contributed by atoms with E-state index in [0.717, 1.165) is 0 Å². The van der Waals surface area contributed by atoms with E-state index in [4.69, 9.17) is 0 Å². The summed E-state index contributed by atoms with van der Waals surface area (Å²) in [6.07, 6.45) is 0. The number of nitrogens with zero attached hydrogens (tertiary/aromatic N) is 1. The summed E-state index contributed by atoms with van der Waals surface area (Å²) in [6.45, 7) is 2.52. The Bertz CT molecular complexity index is 466. The molecule has 1 aliphatic heterocycles. The summed E-state index contributed by atoms with van der Waals surface area (Å²) < 4.78 is 25.0. The van der Waals surface area contributed by atoms with Crippen LogP contribution in [0.1, 0.15) is 15.9 Å². The summed E-state index contributed by atoms with van der Waals surface area (Å²) in [5, 5.41) is 0. The lowest BCUT2D eigenvalue weighted by Gasteiger charge is -2.26. The van der Waals surface area contributed by atoms with Crippen molar-refractivity contribution in [1.29, 1.82) is 0 Å². The maximum Gasteiger partial charge on any atom is 0.256 e. The van der Waals surface area contributed by atoms with Gasteiger partial charge in [-0.2, -0.15) is 0 Å². The van der Waals surface area contributed by atoms with Gasteiger partial charge in [0, 0.05) is 35.4 Å². The molecular formula is C12H14FNO2S. The van der Waals surface area contributed by atoms with Crippen LogP contribution in [0.3, 0.4) is 0 Å². The number of aryl methyl sites for hydroxylation is 1. The summed E-state index contributed by atoms with van der Waals surface area (Å²) in [5.74, 6) is 0.213. The van der Waals surface area contributed by atoms with Gasteiger partial charge in [0.2, 0.25) is 0 Å². The molecule has 1 aliphatic rings. The number of carbonyl (C=O) groups excluding carboxylic acids is 1. The van der Waals surface area contributed by atoms with Crippen LogP contribution in [0.4, 0.5) is 4.39 Å². The second kappa shape index (κ2) is 4.96. The number of halogens is 1. The normalized spacial score (nSPS) is 17.2. The van der Waals surface area contributed by atoms with Crippen LogP contribution in [0.5, 0.6) is 0 Å². The molecule has 5 heteroatoms. The van der Waals surface area contributed by atoms with Gasteiger partial charge in [-0.05, 0) is 18.6 Å². The van der Waals surface area contributed by atoms with E-state index < -0.39 is 16.6 Å². The second-order valence-corrected chi connectivity index (χ2v) is 5.77. The van der Waals surface area contributed by atoms with E-state index in [9.17, 15) is 13.4 Å². The summed E-state index contributed by atoms with van der Waals surface area (Å²) in [4.78, 5) is 13.6. The second-order valence-electron chi connectivity index (χ2n) is 4.08. The van der Waals surface area contributed by atoms with Crippen molar-refractivity contribution in [2.75, 3.05) is 24.6 Å². The first-order valence-electron chi connectivity index (χ1n) is 5.49. The highest BCUT2D eigenvalue weighted by atomic mass is 32.2. The first-order valence-corrected chi connectivity index (χ1v) is 6.98. The smallest absolute Gasteiger partial charge is 0.256 e. The van der Waals surface area contributed by atoms with Crippen LogP contribution in [0.15, 0.2) is 18.2 Å². The van der Waals surface area contributed by atoms with Gasteiger partial charge in [-0.3, -0.25) is 9.00 Å². The Morgan fingerprint density at radius 2 is 2.00 bits per heavy atom. The molecule has 0 atom stereocenters. The van der Waals surface area contributed by atoms with Gasteiger partial charge in [0.15, 0.2) is 0 Å². The fourth-order valence-electron chi connectivity index (χ4n) is 1.82. The van der Waals surface area contributed by atoms with Gasteiger partial charge in [-0.15, -0.1) is 0 Å². The van der Waals surface area contributed by atoms with Crippen LogP contribution in [0.2, 0.25) is 0 Å². The number of benzene rings is 1. The Morgan fingerprint density at radius 3 is 2.65 bits per heavy atom. The van der Waals surface area contributed by atoms with E-state index in [0.29, 0.717) is 30.2 Å². The molecule has 0 bridgehead atoms. The molecule has 0 radical (unpaired) electrons. The average molecular weight is 255 g/mol. The van der Waals surface area contributed by atoms with Crippen molar-refractivity contribution < 1.29 is 13.4 Å². The average Bonchev–Trinajstić information content (AvgIpc) is 2.33. The van der Waals surface area contributed by atoms with E-state index in [1.54, 1.807) is 24.0 Å². The molecular weight excluding hydrogens is 241 g/mol. The van der Waals surface area contributed by atoms with Crippen molar-refractivity contribution in [3.8, 4) is 0 Å². The molecule has 1 fully saturated rings. The zero-order chi connectivity index (χ0) is 12.4. The standard InChI is InChI=1S/C12H14FNO2S/c1-9-3-2-4-10(11(9)13)12(15)14-5-7-17(16)8-6-14/h2-4H,5-8H2,1H3. The summed E-state index contributed by atoms with van der Waals surface area (Å²) in [5.41, 5.74) is 0.578. The molecule has 3 nitrogen and oxygen atoms in total. The molecule has 17 heavy (non-hydrogen) atoms. The number of rotatable bonds is 1. The molecule has 1 aromatic rings. The highest BCUT2D eigenvalue weighted by molar-refractivity contribution is 7.85. The van der Waals surface area contributed by atoms with Gasteiger partial charge in [0.25, 0.3) is 5.91 Å². The van der Waals surface area contributed by atoms with Crippen LogP contribution in [-0.2, 0) is 10.8 Å². The lowest BCUT2D eigenvalue weighted by Crippen LogP contribution is -2.42. The Kier molecular flexibility index (Phi) is 3.57. The number of hydrogen-bond acceptors (Lipinski definition) is 2. The minimum Gasteiger partial charge on any atom is -0.337 e. The van der Waals surface area contributed by atoms with Crippen molar-refractivity contribution in [2.45, 2.75) is 6.92 Å². The van der Waals surface area contributed by atoms with E-state index >= 15 is 0 Å². The van der Waals surface area contributed by atoms with Gasteiger partial charge in [-0.1, -0.05) is 12.1 Å². The molecule has 0 saturated carbocycles. The third kappa shape index (κ3) is 2.54. The predicted octanol–water partition coefficient (Wildman–Crippen LogP) is 1.34. The van der Waals surface area contributed by atoms with Crippen LogP contribution in [0, 0.1) is 12.7 Å². The molecule has 92 valence electrons. The largest absolute Gasteiger partial charge is 0.337 e. The SMILES string of the molecule is Cc1cccc(C(=O)N2CCS(=O)CC2)c1F. The Balaban J connectivity index is 2.20. The summed E-state index contributed by atoms with van der Waals surface area (Å²) in [6, 6.07) is 4.81. The maximum atomic E-state index is 13.8. The number of hydrogen-bond donors (Lipinski definition) is 0. The van der Waals surface area contributed by atoms with Gasteiger partial charge in [0.1, 0.15) is 5.82 Å². The Hall–Kier alpha value is -1.23. The Labute approximate surface area is 102 Å². The van der Waals surface area contributed by atoms with E-state index in [1.165, 1.54) is 6.07 Å². The summed E-state index contributed by atoms with van der Waals surface area (Å²) in [7, 11) is -0.831. The molecule has 0 aromatic heterocycles. The van der Waals surface area contributed by atoms with Crippen LogP contribution >= 0.6 is 0 Å². The van der Waals surface area contributed by atoms with Crippen LogP contribution < -0.4 is 0 Å². The summed E-state index contributed by atoms with van der Waals surface area (Å²) >= 11 is 0. The van der Waals surface area contributed by atoms with Gasteiger partial charge >= 0.3 is 0 Å². The number of carbonyl (C=O) groups is 1. The third-order valence-corrected chi connectivity index (χ3v) is 4.16. The minimum absolute atomic E-state index is 0.109. The molecule has 0 N–H and O–H groups in total. The van der Waals surface area contributed by atoms with E-state index in [1.807, 2.05) is 0 Å². The van der Waals surface area contributed by atoms with Crippen LogP contribution in [0.25, 0.3) is 0 Å². The molecule has 0 spiro atoms. The fourth-order valence-corrected chi connectivity index (χ4v) is 2.88. The predicted molar refractivity (Wildman–Crippen MR) is 64.9 cm³/mol. The molecule has 2 rings (SSSR count). The molecule has 1 heterocycles.